The summed E-state index contributed by atoms with van der Waals surface area (Å²) in [5, 5.41) is -0.204. The van der Waals surface area contributed by atoms with Crippen molar-refractivity contribution in [2.45, 2.75) is 37.4 Å². The van der Waals surface area contributed by atoms with Gasteiger partial charge >= 0.3 is 0 Å². The van der Waals surface area contributed by atoms with Crippen molar-refractivity contribution in [3.8, 4) is 0 Å². The number of sulfonamides is 1. The smallest absolute Gasteiger partial charge is 0.240 e. The van der Waals surface area contributed by atoms with Crippen molar-refractivity contribution in [2.75, 3.05) is 26.2 Å². The van der Waals surface area contributed by atoms with E-state index < -0.39 is 15.8 Å². The van der Waals surface area contributed by atoms with Crippen LogP contribution in [0.25, 0.3) is 0 Å². The molecule has 1 aliphatic heterocycles. The molecule has 1 aromatic carbocycles. The van der Waals surface area contributed by atoms with Crippen LogP contribution >= 0.6 is 11.6 Å². The van der Waals surface area contributed by atoms with E-state index >= 15 is 0 Å². The molecule has 2 unspecified atom stereocenters. The summed E-state index contributed by atoms with van der Waals surface area (Å²) >= 11 is 5.62. The van der Waals surface area contributed by atoms with E-state index in [9.17, 15) is 12.8 Å². The van der Waals surface area contributed by atoms with Crippen molar-refractivity contribution in [1.82, 2.24) is 9.62 Å². The highest BCUT2D eigenvalue weighted by Gasteiger charge is 2.22. The second kappa shape index (κ2) is 7.90. The molecule has 23 heavy (non-hydrogen) atoms. The van der Waals surface area contributed by atoms with Crippen LogP contribution in [0.5, 0.6) is 0 Å². The van der Waals surface area contributed by atoms with E-state index in [0.717, 1.165) is 31.8 Å². The van der Waals surface area contributed by atoms with Gasteiger partial charge in [0.2, 0.25) is 10.0 Å². The van der Waals surface area contributed by atoms with E-state index in [-0.39, 0.29) is 22.1 Å². The first-order chi connectivity index (χ1) is 10.8. The predicted octanol–water partition coefficient (Wildman–Crippen LogP) is 2.26. The maximum Gasteiger partial charge on any atom is 0.240 e. The molecular formula is C15H22ClFN2O3S. The first-order valence-electron chi connectivity index (χ1n) is 7.60. The van der Waals surface area contributed by atoms with Crippen molar-refractivity contribution in [3.05, 3.63) is 29.0 Å². The van der Waals surface area contributed by atoms with E-state index in [4.69, 9.17) is 16.3 Å². The molecule has 1 aliphatic rings. The molecule has 8 heteroatoms. The van der Waals surface area contributed by atoms with Gasteiger partial charge in [-0.1, -0.05) is 11.6 Å². The van der Waals surface area contributed by atoms with Crippen LogP contribution in [0, 0.1) is 5.82 Å². The number of halogens is 2. The SMILES string of the molecule is CC1CN(CCCNS(=O)(=O)c2ccc(F)c(Cl)c2)CC(C)O1. The van der Waals surface area contributed by atoms with E-state index in [1.54, 1.807) is 0 Å². The lowest BCUT2D eigenvalue weighted by molar-refractivity contribution is -0.0679. The molecule has 0 saturated carbocycles. The fraction of sp³-hybridized carbons (Fsp3) is 0.600. The highest BCUT2D eigenvalue weighted by atomic mass is 35.5. The highest BCUT2D eigenvalue weighted by Crippen LogP contribution is 2.19. The number of hydrogen-bond acceptors (Lipinski definition) is 4. The number of morpholine rings is 1. The van der Waals surface area contributed by atoms with E-state index in [2.05, 4.69) is 9.62 Å². The predicted molar refractivity (Wildman–Crippen MR) is 87.7 cm³/mol. The van der Waals surface area contributed by atoms with Gasteiger partial charge in [0.05, 0.1) is 22.1 Å². The zero-order chi connectivity index (χ0) is 17.0. The van der Waals surface area contributed by atoms with Crippen LogP contribution in [0.15, 0.2) is 23.1 Å². The normalized spacial score (nSPS) is 23.1. The fourth-order valence-corrected chi connectivity index (χ4v) is 4.05. The minimum atomic E-state index is -3.67. The Morgan fingerprint density at radius 2 is 2.00 bits per heavy atom. The van der Waals surface area contributed by atoms with Crippen LogP contribution in [0.2, 0.25) is 5.02 Å². The highest BCUT2D eigenvalue weighted by molar-refractivity contribution is 7.89. The van der Waals surface area contributed by atoms with Crippen LogP contribution < -0.4 is 4.72 Å². The molecule has 1 aromatic rings. The standard InChI is InChI=1S/C15H22ClFN2O3S/c1-11-9-19(10-12(2)22-11)7-3-6-18-23(20,21)13-4-5-15(17)14(16)8-13/h4-5,8,11-12,18H,3,6-7,9-10H2,1-2H3. The summed E-state index contributed by atoms with van der Waals surface area (Å²) in [4.78, 5) is 2.24. The average Bonchev–Trinajstić information content (AvgIpc) is 2.45. The Labute approximate surface area is 141 Å². The number of rotatable bonds is 6. The summed E-state index contributed by atoms with van der Waals surface area (Å²) in [5.74, 6) is -0.638. The third-order valence-corrected chi connectivity index (χ3v) is 5.39. The van der Waals surface area contributed by atoms with Crippen LogP contribution in [0.1, 0.15) is 20.3 Å². The molecule has 0 aromatic heterocycles. The minimum Gasteiger partial charge on any atom is -0.373 e. The largest absolute Gasteiger partial charge is 0.373 e. The first kappa shape index (κ1) is 18.6. The van der Waals surface area contributed by atoms with Gasteiger partial charge in [0, 0.05) is 19.6 Å². The van der Waals surface area contributed by atoms with Gasteiger partial charge in [0.1, 0.15) is 5.82 Å². The molecule has 1 N–H and O–H groups in total. The Morgan fingerprint density at radius 3 is 2.61 bits per heavy atom. The molecule has 130 valence electrons. The summed E-state index contributed by atoms with van der Waals surface area (Å²) in [6.07, 6.45) is 1.07. The number of ether oxygens (including phenoxy) is 1. The Morgan fingerprint density at radius 1 is 1.35 bits per heavy atom. The summed E-state index contributed by atoms with van der Waals surface area (Å²) < 4.78 is 45.5. The third kappa shape index (κ3) is 5.39. The van der Waals surface area contributed by atoms with Crippen molar-refractivity contribution in [2.24, 2.45) is 0 Å². The van der Waals surface area contributed by atoms with Crippen LogP contribution in [-0.2, 0) is 14.8 Å². The summed E-state index contributed by atoms with van der Waals surface area (Å²) in [6, 6.07) is 3.37. The van der Waals surface area contributed by atoms with Gasteiger partial charge < -0.3 is 4.74 Å². The third-order valence-electron chi connectivity index (χ3n) is 3.64. The number of nitrogens with zero attached hydrogens (tertiary/aromatic N) is 1. The Hall–Kier alpha value is -0.730. The molecule has 5 nitrogen and oxygen atoms in total. The maximum atomic E-state index is 13.1. The van der Waals surface area contributed by atoms with Gasteiger partial charge in [0.25, 0.3) is 0 Å². The molecule has 0 radical (unpaired) electrons. The van der Waals surface area contributed by atoms with Gasteiger partial charge in [-0.25, -0.2) is 17.5 Å². The lowest BCUT2D eigenvalue weighted by Gasteiger charge is -2.35. The van der Waals surface area contributed by atoms with Gasteiger partial charge in [-0.05, 0) is 45.0 Å². The molecule has 1 heterocycles. The van der Waals surface area contributed by atoms with Crippen molar-refractivity contribution in [1.29, 1.82) is 0 Å². The summed E-state index contributed by atoms with van der Waals surface area (Å²) in [6.45, 7) is 6.88. The molecule has 0 amide bonds. The van der Waals surface area contributed by atoms with Crippen LogP contribution in [0.3, 0.4) is 0 Å². The van der Waals surface area contributed by atoms with E-state index in [0.29, 0.717) is 13.0 Å². The lowest BCUT2D eigenvalue weighted by atomic mass is 10.2. The zero-order valence-electron chi connectivity index (χ0n) is 13.3. The van der Waals surface area contributed by atoms with Crippen molar-refractivity contribution in [3.63, 3.8) is 0 Å². The first-order valence-corrected chi connectivity index (χ1v) is 9.46. The fourth-order valence-electron chi connectivity index (χ4n) is 2.70. The monoisotopic (exact) mass is 364 g/mol. The number of nitrogens with one attached hydrogen (secondary N) is 1. The van der Waals surface area contributed by atoms with Gasteiger partial charge in [0.15, 0.2) is 0 Å². The molecule has 2 rings (SSSR count). The van der Waals surface area contributed by atoms with Crippen LogP contribution in [0.4, 0.5) is 4.39 Å². The van der Waals surface area contributed by atoms with Crippen LogP contribution in [-0.4, -0.2) is 51.7 Å². The van der Waals surface area contributed by atoms with E-state index in [1.165, 1.54) is 6.07 Å². The topological polar surface area (TPSA) is 58.6 Å². The molecule has 1 fully saturated rings. The number of hydrogen-bond donors (Lipinski definition) is 1. The molecule has 0 spiro atoms. The average molecular weight is 365 g/mol. The molecule has 2 atom stereocenters. The minimum absolute atomic E-state index is 0.0301. The molecular weight excluding hydrogens is 343 g/mol. The second-order valence-corrected chi connectivity index (χ2v) is 8.02. The van der Waals surface area contributed by atoms with Crippen molar-refractivity contribution >= 4 is 21.6 Å². The lowest BCUT2D eigenvalue weighted by Crippen LogP contribution is -2.46. The Balaban J connectivity index is 1.82. The molecule has 0 bridgehead atoms. The maximum absolute atomic E-state index is 13.1. The van der Waals surface area contributed by atoms with Crippen molar-refractivity contribution < 1.29 is 17.5 Å². The summed E-state index contributed by atoms with van der Waals surface area (Å²) in [7, 11) is -3.67. The Bertz CT molecular complexity index is 632. The van der Waals surface area contributed by atoms with Gasteiger partial charge in [-0.3, -0.25) is 4.90 Å². The van der Waals surface area contributed by atoms with Gasteiger partial charge in [-0.15, -0.1) is 0 Å². The molecule has 1 saturated heterocycles. The molecule has 0 aliphatic carbocycles. The number of benzene rings is 1. The Kier molecular flexibility index (Phi) is 6.39. The van der Waals surface area contributed by atoms with Gasteiger partial charge in [-0.2, -0.15) is 0 Å². The second-order valence-electron chi connectivity index (χ2n) is 5.84. The van der Waals surface area contributed by atoms with E-state index in [1.807, 2.05) is 13.8 Å². The quantitative estimate of drug-likeness (QED) is 0.787. The summed E-state index contributed by atoms with van der Waals surface area (Å²) in [5.41, 5.74) is 0. The zero-order valence-corrected chi connectivity index (χ0v) is 14.8.